The summed E-state index contributed by atoms with van der Waals surface area (Å²) in [4.78, 5) is 31.2. The second kappa shape index (κ2) is 12.2. The average Bonchev–Trinajstić information content (AvgIpc) is 3.25. The first-order valence-electron chi connectivity index (χ1n) is 14.5. The van der Waals surface area contributed by atoms with Crippen molar-refractivity contribution in [2.24, 2.45) is 0 Å². The van der Waals surface area contributed by atoms with E-state index in [9.17, 15) is 9.59 Å². The zero-order valence-electron chi connectivity index (χ0n) is 25.6. The smallest absolute Gasteiger partial charge is 0.351 e. The number of rotatable bonds is 8. The lowest BCUT2D eigenvalue weighted by Gasteiger charge is -2.53. The van der Waals surface area contributed by atoms with Crippen LogP contribution in [0.25, 0.3) is 0 Å². The number of ketones is 1. The van der Waals surface area contributed by atoms with Crippen molar-refractivity contribution in [1.29, 1.82) is 0 Å². The quantitative estimate of drug-likeness (QED) is 0.330. The van der Waals surface area contributed by atoms with E-state index in [4.69, 9.17) is 28.2 Å². The van der Waals surface area contributed by atoms with Crippen LogP contribution >= 0.6 is 0 Å². The fraction of sp³-hybridized carbons (Fsp3) is 0.621. The summed E-state index contributed by atoms with van der Waals surface area (Å²) in [5, 5.41) is 0. The third kappa shape index (κ3) is 5.63. The molecule has 2 saturated heterocycles. The summed E-state index contributed by atoms with van der Waals surface area (Å²) in [5.74, 6) is -0.127. The molecule has 3 heterocycles. The number of Topliss-reactive ketones (excluding diaryl/α,β-unsaturated/α-hetero) is 1. The van der Waals surface area contributed by atoms with E-state index in [2.05, 4.69) is 60.4 Å². The second-order valence-corrected chi connectivity index (χ2v) is 21.0. The first-order chi connectivity index (χ1) is 19.3. The van der Waals surface area contributed by atoms with Crippen LogP contribution in [0.1, 0.15) is 72.0 Å². The van der Waals surface area contributed by atoms with Gasteiger partial charge < -0.3 is 28.2 Å². The molecule has 0 spiro atoms. The van der Waals surface area contributed by atoms with Crippen LogP contribution in [0.3, 0.4) is 0 Å². The van der Waals surface area contributed by atoms with Gasteiger partial charge in [0.2, 0.25) is 0 Å². The Balaban J connectivity index is 1.96. The van der Waals surface area contributed by atoms with Gasteiger partial charge in [0, 0.05) is 18.9 Å². The Labute approximate surface area is 245 Å². The number of nitrogens with zero attached hydrogens (tertiary/aromatic N) is 2. The van der Waals surface area contributed by atoms with Crippen molar-refractivity contribution in [3.8, 4) is 0 Å². The molecule has 2 fully saturated rings. The number of benzene rings is 1. The van der Waals surface area contributed by atoms with Crippen molar-refractivity contribution >= 4 is 28.7 Å². The molecule has 226 valence electrons. The fourth-order valence-corrected chi connectivity index (χ4v) is 17.5. The molecule has 2 N–H and O–H groups in total. The van der Waals surface area contributed by atoms with Crippen LogP contribution in [0, 0.1) is 0 Å². The molecule has 41 heavy (non-hydrogen) atoms. The molecule has 0 amide bonds. The molecule has 1 aromatic heterocycles. The number of anilines is 1. The number of nitrogen functional groups attached to an aromatic ring is 1. The third-order valence-electron chi connectivity index (χ3n) is 8.41. The molecule has 2 aliphatic heterocycles. The minimum Gasteiger partial charge on any atom is -0.414 e. The SMILES string of the molecule is CO[C@@H]1[C@@H]2O[Si](C(C)C)(C(C)C)O[Si](C(C)C)(C(C)C)OC(C(=O)c3ccccc3)[C@H]2O[C@H]1n1ccc(N)nc1=O. The lowest BCUT2D eigenvalue weighted by atomic mass is 9.98. The van der Waals surface area contributed by atoms with Gasteiger partial charge in [-0.1, -0.05) is 85.7 Å². The number of hydrogen-bond donors (Lipinski definition) is 1. The van der Waals surface area contributed by atoms with Crippen LogP contribution < -0.4 is 11.4 Å². The minimum absolute atomic E-state index is 0.0115. The van der Waals surface area contributed by atoms with Crippen LogP contribution in [0.2, 0.25) is 22.2 Å². The van der Waals surface area contributed by atoms with Gasteiger partial charge in [-0.05, 0) is 28.2 Å². The Morgan fingerprint density at radius 1 is 0.902 bits per heavy atom. The van der Waals surface area contributed by atoms with E-state index >= 15 is 0 Å². The van der Waals surface area contributed by atoms with Crippen molar-refractivity contribution < 1.29 is 27.2 Å². The Kier molecular flexibility index (Phi) is 9.44. The molecular formula is C29H45N3O7Si2. The van der Waals surface area contributed by atoms with Crippen molar-refractivity contribution in [1.82, 2.24) is 9.55 Å². The molecule has 1 aromatic carbocycles. The molecule has 12 heteroatoms. The molecule has 10 nitrogen and oxygen atoms in total. The average molecular weight is 604 g/mol. The molecular weight excluding hydrogens is 559 g/mol. The van der Waals surface area contributed by atoms with Crippen molar-refractivity contribution in [2.45, 2.75) is 108 Å². The van der Waals surface area contributed by atoms with E-state index < -0.39 is 53.5 Å². The highest BCUT2D eigenvalue weighted by Gasteiger charge is 2.65. The van der Waals surface area contributed by atoms with Crippen molar-refractivity contribution in [2.75, 3.05) is 12.8 Å². The van der Waals surface area contributed by atoms with Gasteiger partial charge in [0.1, 0.15) is 30.2 Å². The van der Waals surface area contributed by atoms with Gasteiger partial charge in [-0.25, -0.2) is 4.79 Å². The van der Waals surface area contributed by atoms with Gasteiger partial charge in [0.15, 0.2) is 12.0 Å². The second-order valence-electron chi connectivity index (χ2n) is 12.2. The Morgan fingerprint density at radius 3 is 1.98 bits per heavy atom. The van der Waals surface area contributed by atoms with Gasteiger partial charge in [-0.2, -0.15) is 4.98 Å². The maximum Gasteiger partial charge on any atom is 0.351 e. The number of ether oxygens (including phenoxy) is 2. The van der Waals surface area contributed by atoms with Gasteiger partial charge in [0.25, 0.3) is 0 Å². The molecule has 2 aromatic rings. The minimum atomic E-state index is -3.15. The normalized spacial score (nSPS) is 27.7. The molecule has 2 aliphatic rings. The number of methoxy groups -OCH3 is 1. The number of fused-ring (bicyclic) bond motifs is 1. The Bertz CT molecular complexity index is 1250. The van der Waals surface area contributed by atoms with E-state index in [1.165, 1.54) is 16.8 Å². The third-order valence-corrected chi connectivity index (χ3v) is 18.7. The van der Waals surface area contributed by atoms with Crippen LogP contribution in [0.15, 0.2) is 47.4 Å². The lowest BCUT2D eigenvalue weighted by Crippen LogP contribution is -2.68. The van der Waals surface area contributed by atoms with Gasteiger partial charge in [-0.3, -0.25) is 9.36 Å². The zero-order valence-corrected chi connectivity index (χ0v) is 27.6. The highest BCUT2D eigenvalue weighted by atomic mass is 28.5. The standard InChI is InChI=1S/C29H45N3O7Si2/c1-17(2)40(18(3)4)37-24(23(33)21-13-11-10-12-14-21)25-26(38-41(39-40,19(5)6)20(7)8)27(35-9)28(36-25)32-16-15-22(30)31-29(32)34/h10-20,24-28H,1-9H3,(H2,30,31,34)/t24?,25-,26-,27-,28-/m1/s1. The summed E-state index contributed by atoms with van der Waals surface area (Å²) in [6.45, 7) is 16.9. The van der Waals surface area contributed by atoms with Crippen LogP contribution in [0.4, 0.5) is 5.82 Å². The molecule has 4 rings (SSSR count). The van der Waals surface area contributed by atoms with E-state index in [0.717, 1.165) is 0 Å². The number of carbonyl (C=O) groups is 1. The van der Waals surface area contributed by atoms with E-state index in [0.29, 0.717) is 5.56 Å². The summed E-state index contributed by atoms with van der Waals surface area (Å²) in [6, 6.07) is 10.6. The summed E-state index contributed by atoms with van der Waals surface area (Å²) in [6.07, 6.45) is -2.83. The van der Waals surface area contributed by atoms with Crippen molar-refractivity contribution in [3.05, 3.63) is 58.6 Å². The monoisotopic (exact) mass is 603 g/mol. The number of aromatic nitrogens is 2. The zero-order chi connectivity index (χ0) is 30.3. The number of nitrogens with two attached hydrogens (primary N) is 1. The first-order valence-corrected chi connectivity index (χ1v) is 18.4. The maximum absolute atomic E-state index is 14.3. The molecule has 0 aliphatic carbocycles. The first kappa shape index (κ1) is 31.7. The lowest BCUT2D eigenvalue weighted by molar-refractivity contribution is -0.0835. The summed E-state index contributed by atoms with van der Waals surface area (Å²) in [7, 11) is -4.69. The highest BCUT2D eigenvalue weighted by molar-refractivity contribution is 6.84. The molecule has 5 atom stereocenters. The summed E-state index contributed by atoms with van der Waals surface area (Å²) < 4.78 is 35.7. The number of hydrogen-bond acceptors (Lipinski definition) is 9. The van der Waals surface area contributed by atoms with Gasteiger partial charge in [0.05, 0.1) is 0 Å². The Morgan fingerprint density at radius 2 is 1.46 bits per heavy atom. The van der Waals surface area contributed by atoms with Crippen LogP contribution in [-0.2, 0) is 22.4 Å². The van der Waals surface area contributed by atoms with Gasteiger partial charge in [-0.15, -0.1) is 0 Å². The van der Waals surface area contributed by atoms with Gasteiger partial charge >= 0.3 is 22.8 Å². The van der Waals surface area contributed by atoms with Crippen molar-refractivity contribution in [3.63, 3.8) is 0 Å². The van der Waals surface area contributed by atoms with E-state index in [1.54, 1.807) is 19.2 Å². The predicted octanol–water partition coefficient (Wildman–Crippen LogP) is 4.95. The fourth-order valence-electron chi connectivity index (χ4n) is 6.23. The van der Waals surface area contributed by atoms with Crippen LogP contribution in [0.5, 0.6) is 0 Å². The van der Waals surface area contributed by atoms with Crippen LogP contribution in [-0.4, -0.2) is 64.0 Å². The van der Waals surface area contributed by atoms with E-state index in [-0.39, 0.29) is 33.8 Å². The highest BCUT2D eigenvalue weighted by Crippen LogP contribution is 2.50. The molecule has 0 radical (unpaired) electrons. The molecule has 0 bridgehead atoms. The number of carbonyl (C=O) groups excluding carboxylic acids is 1. The maximum atomic E-state index is 14.3. The summed E-state index contributed by atoms with van der Waals surface area (Å²) in [5.41, 5.74) is 5.81. The molecule has 0 saturated carbocycles. The van der Waals surface area contributed by atoms with E-state index in [1.807, 2.05) is 18.2 Å². The summed E-state index contributed by atoms with van der Waals surface area (Å²) >= 11 is 0. The largest absolute Gasteiger partial charge is 0.414 e. The molecule has 1 unspecified atom stereocenters. The predicted molar refractivity (Wildman–Crippen MR) is 161 cm³/mol. The topological polar surface area (TPSA) is 124 Å². The Hall–Kier alpha value is -2.20.